The van der Waals surface area contributed by atoms with E-state index in [4.69, 9.17) is 11.2 Å². The lowest BCUT2D eigenvalue weighted by Crippen LogP contribution is -2.44. The number of esters is 1. The van der Waals surface area contributed by atoms with Crippen molar-refractivity contribution in [2.75, 3.05) is 0 Å². The van der Waals surface area contributed by atoms with Gasteiger partial charge in [0.1, 0.15) is 0 Å². The molecule has 0 aromatic heterocycles. The Morgan fingerprint density at radius 1 is 1.28 bits per heavy atom. The predicted molar refractivity (Wildman–Crippen MR) is 119 cm³/mol. The van der Waals surface area contributed by atoms with E-state index in [1.165, 1.54) is 6.08 Å². The van der Waals surface area contributed by atoms with Crippen LogP contribution < -0.4 is 4.74 Å². The largest absolute Gasteiger partial charge is 0.504 e. The van der Waals surface area contributed by atoms with Crippen LogP contribution in [0.2, 0.25) is 0 Å². The zero-order valence-electron chi connectivity index (χ0n) is 18.3. The number of aryl methyl sites for hydroxylation is 1. The summed E-state index contributed by atoms with van der Waals surface area (Å²) in [5, 5.41) is 21.3. The molecule has 32 heavy (non-hydrogen) atoms. The Balaban J connectivity index is 1.53. The molecule has 4 aliphatic rings. The Labute approximate surface area is 188 Å². The lowest BCUT2D eigenvalue weighted by molar-refractivity contribution is -0.130. The van der Waals surface area contributed by atoms with Crippen molar-refractivity contribution in [2.24, 2.45) is 17.3 Å². The van der Waals surface area contributed by atoms with E-state index in [1.807, 2.05) is 0 Å². The van der Waals surface area contributed by atoms with Gasteiger partial charge < -0.3 is 14.9 Å². The highest BCUT2D eigenvalue weighted by atomic mass is 16.5. The van der Waals surface area contributed by atoms with Crippen molar-refractivity contribution in [1.82, 2.24) is 0 Å². The standard InChI is InChI=1S/C27H28O5/c1-3-18-24-15(7-8-19-20(24)11-12-27(2)21(19)9-10-23(27)30)14-22(29)25(18)32-26(31)16-5-4-6-17(28)13-16/h1,4-5,13-14,19-21,23,29-30H,6-12H2,2H3/t19-,20+,21+,23+,27+/m1/s1. The van der Waals surface area contributed by atoms with Crippen LogP contribution in [-0.2, 0) is 16.0 Å². The highest BCUT2D eigenvalue weighted by Crippen LogP contribution is 2.62. The van der Waals surface area contributed by atoms with E-state index in [1.54, 1.807) is 18.2 Å². The normalized spacial score (nSPS) is 32.9. The van der Waals surface area contributed by atoms with Gasteiger partial charge in [-0.1, -0.05) is 25.0 Å². The van der Waals surface area contributed by atoms with Crippen LogP contribution in [0.3, 0.4) is 0 Å². The number of benzene rings is 1. The lowest BCUT2D eigenvalue weighted by atomic mass is 9.55. The van der Waals surface area contributed by atoms with Gasteiger partial charge in [0.2, 0.25) is 0 Å². The van der Waals surface area contributed by atoms with Crippen molar-refractivity contribution < 1.29 is 24.5 Å². The van der Waals surface area contributed by atoms with Crippen LogP contribution in [0.25, 0.3) is 0 Å². The number of aromatic hydroxyl groups is 1. The molecule has 0 unspecified atom stereocenters. The minimum atomic E-state index is -0.705. The maximum absolute atomic E-state index is 12.7. The summed E-state index contributed by atoms with van der Waals surface area (Å²) in [5.74, 6) is 2.77. The molecule has 4 aliphatic carbocycles. The van der Waals surface area contributed by atoms with Crippen LogP contribution >= 0.6 is 0 Å². The van der Waals surface area contributed by atoms with E-state index in [0.29, 0.717) is 17.4 Å². The number of terminal acetylenes is 1. The number of ether oxygens (including phenoxy) is 1. The second-order valence-electron chi connectivity index (χ2n) is 9.93. The fraction of sp³-hybridized carbons (Fsp3) is 0.481. The quantitative estimate of drug-likeness (QED) is 0.420. The summed E-state index contributed by atoms with van der Waals surface area (Å²) >= 11 is 0. The van der Waals surface area contributed by atoms with Crippen LogP contribution in [0.1, 0.15) is 68.1 Å². The molecule has 1 aromatic rings. The van der Waals surface area contributed by atoms with Crippen LogP contribution in [0.15, 0.2) is 29.9 Å². The molecule has 2 fully saturated rings. The minimum absolute atomic E-state index is 0.00372. The van der Waals surface area contributed by atoms with E-state index in [9.17, 15) is 19.8 Å². The summed E-state index contributed by atoms with van der Waals surface area (Å²) in [6, 6.07) is 1.68. The molecule has 2 saturated carbocycles. The summed E-state index contributed by atoms with van der Waals surface area (Å²) < 4.78 is 5.58. The number of phenolic OH excluding ortho intramolecular Hbond substituents is 1. The molecule has 1 aromatic carbocycles. The van der Waals surface area contributed by atoms with E-state index in [0.717, 1.165) is 49.7 Å². The molecule has 2 N–H and O–H groups in total. The molecular weight excluding hydrogens is 404 g/mol. The Bertz CT molecular complexity index is 1100. The molecule has 5 heteroatoms. The molecule has 0 amide bonds. The van der Waals surface area contributed by atoms with Crippen LogP contribution in [-0.4, -0.2) is 28.1 Å². The van der Waals surface area contributed by atoms with Crippen molar-refractivity contribution in [3.8, 4) is 23.8 Å². The van der Waals surface area contributed by atoms with Crippen molar-refractivity contribution in [1.29, 1.82) is 0 Å². The van der Waals surface area contributed by atoms with Gasteiger partial charge in [0.15, 0.2) is 17.3 Å². The van der Waals surface area contributed by atoms with Crippen molar-refractivity contribution in [3.05, 3.63) is 46.6 Å². The van der Waals surface area contributed by atoms with E-state index >= 15 is 0 Å². The number of hydrogen-bond acceptors (Lipinski definition) is 5. The number of allylic oxidation sites excluding steroid dienone is 2. The predicted octanol–water partition coefficient (Wildman–Crippen LogP) is 3.95. The van der Waals surface area contributed by atoms with Gasteiger partial charge in [-0.25, -0.2) is 4.79 Å². The Morgan fingerprint density at radius 3 is 2.84 bits per heavy atom. The number of aliphatic hydroxyl groups excluding tert-OH is 1. The van der Waals surface area contributed by atoms with Gasteiger partial charge in [-0.3, -0.25) is 4.79 Å². The Morgan fingerprint density at radius 2 is 2.09 bits per heavy atom. The molecule has 0 aliphatic heterocycles. The summed E-state index contributed by atoms with van der Waals surface area (Å²) in [4.78, 5) is 24.4. The van der Waals surface area contributed by atoms with Crippen LogP contribution in [0.4, 0.5) is 0 Å². The fourth-order valence-electron chi connectivity index (χ4n) is 6.80. The number of aliphatic hydroxyl groups is 1. The van der Waals surface area contributed by atoms with Gasteiger partial charge in [0.05, 0.1) is 17.2 Å². The molecule has 0 heterocycles. The average molecular weight is 433 g/mol. The first-order valence-electron chi connectivity index (χ1n) is 11.5. The molecule has 5 atom stereocenters. The highest BCUT2D eigenvalue weighted by molar-refractivity contribution is 6.04. The van der Waals surface area contributed by atoms with Gasteiger partial charge >= 0.3 is 5.97 Å². The summed E-state index contributed by atoms with van der Waals surface area (Å²) in [6.07, 6.45) is 15.9. The fourth-order valence-corrected chi connectivity index (χ4v) is 6.80. The zero-order chi connectivity index (χ0) is 22.6. The summed E-state index contributed by atoms with van der Waals surface area (Å²) in [6.45, 7) is 2.22. The van der Waals surface area contributed by atoms with E-state index < -0.39 is 5.97 Å². The number of phenols is 1. The minimum Gasteiger partial charge on any atom is -0.504 e. The maximum Gasteiger partial charge on any atom is 0.343 e. The molecule has 5 nitrogen and oxygen atoms in total. The molecule has 0 radical (unpaired) electrons. The topological polar surface area (TPSA) is 83.8 Å². The number of hydrogen-bond donors (Lipinski definition) is 2. The van der Waals surface area contributed by atoms with Gasteiger partial charge in [-0.2, -0.15) is 0 Å². The Hall–Kier alpha value is -2.84. The van der Waals surface area contributed by atoms with Crippen molar-refractivity contribution >= 4 is 11.8 Å². The second kappa shape index (κ2) is 7.64. The van der Waals surface area contributed by atoms with E-state index in [-0.39, 0.29) is 46.7 Å². The Kier molecular flexibility index (Phi) is 5.02. The second-order valence-corrected chi connectivity index (χ2v) is 9.93. The van der Waals surface area contributed by atoms with Gasteiger partial charge in [-0.15, -0.1) is 6.42 Å². The smallest absolute Gasteiger partial charge is 0.343 e. The van der Waals surface area contributed by atoms with Crippen molar-refractivity contribution in [3.63, 3.8) is 0 Å². The number of fused-ring (bicyclic) bond motifs is 5. The number of rotatable bonds is 2. The first-order chi connectivity index (χ1) is 15.3. The maximum atomic E-state index is 12.7. The first-order valence-corrected chi connectivity index (χ1v) is 11.5. The van der Waals surface area contributed by atoms with Gasteiger partial charge in [-0.05, 0) is 85.0 Å². The molecule has 0 saturated heterocycles. The molecule has 0 spiro atoms. The molecule has 0 bridgehead atoms. The SMILES string of the molecule is C#Cc1c(OC(=O)C2=CC(=O)CC=C2)c(O)cc2c1[C@H]1CC[C@]3(C)[C@@H](O)CC[C@H]3[C@@H]1CC2. The third kappa shape index (κ3) is 3.12. The third-order valence-corrected chi connectivity index (χ3v) is 8.40. The molecular formula is C27H28O5. The lowest BCUT2D eigenvalue weighted by Gasteiger charge is -2.50. The zero-order valence-corrected chi connectivity index (χ0v) is 18.3. The first kappa shape index (κ1) is 21.0. The van der Waals surface area contributed by atoms with Crippen LogP contribution in [0, 0.1) is 29.6 Å². The van der Waals surface area contributed by atoms with E-state index in [2.05, 4.69) is 12.8 Å². The van der Waals surface area contributed by atoms with Crippen LogP contribution in [0.5, 0.6) is 11.5 Å². The summed E-state index contributed by atoms with van der Waals surface area (Å²) in [7, 11) is 0. The third-order valence-electron chi connectivity index (χ3n) is 8.40. The monoisotopic (exact) mass is 432 g/mol. The average Bonchev–Trinajstić information content (AvgIpc) is 3.08. The van der Waals surface area contributed by atoms with Crippen molar-refractivity contribution in [2.45, 2.75) is 63.9 Å². The highest BCUT2D eigenvalue weighted by Gasteiger charge is 2.54. The molecule has 166 valence electrons. The number of carbonyl (C=O) groups excluding carboxylic acids is 2. The molecule has 5 rings (SSSR count). The van der Waals surface area contributed by atoms with Gasteiger partial charge in [0, 0.05) is 6.42 Å². The van der Waals surface area contributed by atoms with Gasteiger partial charge in [0.25, 0.3) is 0 Å². The number of carbonyl (C=O) groups is 2. The number of ketones is 1. The summed E-state index contributed by atoms with van der Waals surface area (Å²) in [5.41, 5.74) is 2.57.